The highest BCUT2D eigenvalue weighted by atomic mass is 28.3. The lowest BCUT2D eigenvalue weighted by atomic mass is 9.85. The van der Waals surface area contributed by atoms with Crippen molar-refractivity contribution in [3.8, 4) is 22.4 Å². The predicted molar refractivity (Wildman–Crippen MR) is 154 cm³/mol. The van der Waals surface area contributed by atoms with Crippen molar-refractivity contribution in [1.29, 1.82) is 0 Å². The van der Waals surface area contributed by atoms with Gasteiger partial charge in [-0.15, -0.1) is 0 Å². The molecule has 0 amide bonds. The van der Waals surface area contributed by atoms with Gasteiger partial charge in [0, 0.05) is 11.6 Å². The summed E-state index contributed by atoms with van der Waals surface area (Å²) in [4.78, 5) is 0. The van der Waals surface area contributed by atoms with Gasteiger partial charge in [0.25, 0.3) is 0 Å². The fourth-order valence-corrected chi connectivity index (χ4v) is 7.69. The normalized spacial score (nSPS) is 14.8. The largest absolute Gasteiger partial charge is 0.220 e. The molecule has 1 fully saturated rings. The van der Waals surface area contributed by atoms with Crippen LogP contribution in [0.2, 0.25) is 18.6 Å². The monoisotopic (exact) mass is 496 g/mol. The van der Waals surface area contributed by atoms with Crippen LogP contribution in [-0.4, -0.2) is 8.07 Å². The van der Waals surface area contributed by atoms with Crippen molar-refractivity contribution < 1.29 is 8.96 Å². The standard InChI is InChI=1S/C33H39FNSi/c1-22(2)36(5,6)27-16-17-28-26(20-27)18-19-35(4)33(28)29-21-30(24-12-8-7-9-13-24)32(34)31(23(29)3)25-14-10-11-15-25/h7-9,12-13,16-22,25H,10-11,14-15H2,1-6H3/q+1. The molecule has 186 valence electrons. The van der Waals surface area contributed by atoms with Crippen LogP contribution in [0.15, 0.2) is 66.9 Å². The molecule has 3 aromatic carbocycles. The average Bonchev–Trinajstić information content (AvgIpc) is 3.39. The molecule has 0 bridgehead atoms. The molecule has 0 spiro atoms. The summed E-state index contributed by atoms with van der Waals surface area (Å²) in [7, 11) is 0.582. The van der Waals surface area contributed by atoms with Crippen LogP contribution in [0.3, 0.4) is 0 Å². The van der Waals surface area contributed by atoms with Crippen LogP contribution in [-0.2, 0) is 7.05 Å². The van der Waals surface area contributed by atoms with Gasteiger partial charge < -0.3 is 0 Å². The SMILES string of the molecule is Cc1c(-c2c3ccc([Si](C)(C)C(C)C)cc3cc[n+]2C)cc(-c2ccccc2)c(F)c1C1CCCC1. The summed E-state index contributed by atoms with van der Waals surface area (Å²) in [5.74, 6) is 0.279. The van der Waals surface area contributed by atoms with Crippen molar-refractivity contribution in [1.82, 2.24) is 0 Å². The average molecular weight is 497 g/mol. The van der Waals surface area contributed by atoms with Gasteiger partial charge in [-0.25, -0.2) is 8.96 Å². The highest BCUT2D eigenvalue weighted by molar-refractivity contribution is 6.91. The Balaban J connectivity index is 1.79. The van der Waals surface area contributed by atoms with Crippen molar-refractivity contribution in [3.05, 3.63) is 83.8 Å². The minimum atomic E-state index is -1.54. The summed E-state index contributed by atoms with van der Waals surface area (Å²) in [5, 5.41) is 4.01. The third-order valence-corrected chi connectivity index (χ3v) is 13.7. The van der Waals surface area contributed by atoms with Crippen LogP contribution in [0, 0.1) is 12.7 Å². The lowest BCUT2D eigenvalue weighted by Crippen LogP contribution is -2.44. The molecule has 0 N–H and O–H groups in total. The van der Waals surface area contributed by atoms with Gasteiger partial charge in [-0.1, -0.05) is 87.4 Å². The van der Waals surface area contributed by atoms with Gasteiger partial charge in [-0.2, -0.15) is 0 Å². The van der Waals surface area contributed by atoms with Gasteiger partial charge in [0.05, 0.1) is 19.0 Å². The topological polar surface area (TPSA) is 3.88 Å². The zero-order valence-corrected chi connectivity index (χ0v) is 23.7. The number of pyridine rings is 1. The van der Waals surface area contributed by atoms with Crippen LogP contribution >= 0.6 is 0 Å². The van der Waals surface area contributed by atoms with Gasteiger partial charge in [0.2, 0.25) is 5.69 Å². The summed E-state index contributed by atoms with van der Waals surface area (Å²) in [6.07, 6.45) is 6.71. The number of halogens is 1. The number of hydrogen-bond donors (Lipinski definition) is 0. The Morgan fingerprint density at radius 2 is 1.61 bits per heavy atom. The van der Waals surface area contributed by atoms with Gasteiger partial charge in [0.15, 0.2) is 6.20 Å². The number of aromatic nitrogens is 1. The molecule has 5 rings (SSSR count). The molecule has 3 heteroatoms. The Kier molecular flexibility index (Phi) is 6.63. The summed E-state index contributed by atoms with van der Waals surface area (Å²) < 4.78 is 18.5. The second kappa shape index (κ2) is 9.59. The van der Waals surface area contributed by atoms with E-state index in [1.807, 2.05) is 30.3 Å². The van der Waals surface area contributed by atoms with E-state index >= 15 is 4.39 Å². The summed E-state index contributed by atoms with van der Waals surface area (Å²) in [6.45, 7) is 11.8. The van der Waals surface area contributed by atoms with E-state index in [1.165, 1.54) is 34.5 Å². The molecular weight excluding hydrogens is 457 g/mol. The molecule has 36 heavy (non-hydrogen) atoms. The van der Waals surface area contributed by atoms with Gasteiger partial charge >= 0.3 is 0 Å². The highest BCUT2D eigenvalue weighted by Gasteiger charge is 2.31. The quantitative estimate of drug-likeness (QED) is 0.193. The first kappa shape index (κ1) is 24.9. The fourth-order valence-electron chi connectivity index (χ4n) is 5.99. The third kappa shape index (κ3) is 4.22. The van der Waals surface area contributed by atoms with Crippen molar-refractivity contribution in [3.63, 3.8) is 0 Å². The Hall–Kier alpha value is -2.78. The molecule has 1 nitrogen and oxygen atoms in total. The van der Waals surface area contributed by atoms with Crippen LogP contribution in [0.1, 0.15) is 56.6 Å². The van der Waals surface area contributed by atoms with E-state index in [0.29, 0.717) is 11.5 Å². The Morgan fingerprint density at radius 3 is 2.28 bits per heavy atom. The number of nitrogens with zero attached hydrogens (tertiary/aromatic N) is 1. The first-order valence-electron chi connectivity index (χ1n) is 13.5. The van der Waals surface area contributed by atoms with Crippen molar-refractivity contribution in [2.45, 2.75) is 71.0 Å². The molecule has 0 saturated heterocycles. The number of rotatable bonds is 5. The lowest BCUT2D eigenvalue weighted by Gasteiger charge is -2.28. The van der Waals surface area contributed by atoms with Crippen molar-refractivity contribution in [2.24, 2.45) is 7.05 Å². The molecule has 1 aliphatic carbocycles. The van der Waals surface area contributed by atoms with E-state index in [9.17, 15) is 0 Å². The molecule has 4 aromatic rings. The maximum atomic E-state index is 16.2. The molecular formula is C33H39FNSi+. The van der Waals surface area contributed by atoms with Gasteiger partial charge in [-0.3, -0.25) is 0 Å². The maximum Gasteiger partial charge on any atom is 0.220 e. The maximum absolute atomic E-state index is 16.2. The molecule has 1 heterocycles. The zero-order chi connectivity index (χ0) is 25.6. The predicted octanol–water partition coefficient (Wildman–Crippen LogP) is 8.43. The smallest absolute Gasteiger partial charge is 0.206 e. The van der Waals surface area contributed by atoms with Crippen LogP contribution in [0.5, 0.6) is 0 Å². The first-order chi connectivity index (χ1) is 17.2. The lowest BCUT2D eigenvalue weighted by molar-refractivity contribution is -0.659. The highest BCUT2D eigenvalue weighted by Crippen LogP contribution is 2.43. The molecule has 0 unspecified atom stereocenters. The Morgan fingerprint density at radius 1 is 0.917 bits per heavy atom. The number of benzene rings is 3. The summed E-state index contributed by atoms with van der Waals surface area (Å²) in [6, 6.07) is 21.5. The van der Waals surface area contributed by atoms with E-state index in [-0.39, 0.29) is 5.82 Å². The molecule has 1 aliphatic rings. The molecule has 1 saturated carbocycles. The zero-order valence-electron chi connectivity index (χ0n) is 22.7. The minimum Gasteiger partial charge on any atom is -0.206 e. The van der Waals surface area contributed by atoms with Crippen molar-refractivity contribution in [2.75, 3.05) is 0 Å². The van der Waals surface area contributed by atoms with Crippen molar-refractivity contribution >= 4 is 24.0 Å². The molecule has 0 atom stereocenters. The Labute approximate surface area is 217 Å². The second-order valence-electron chi connectivity index (χ2n) is 11.6. The summed E-state index contributed by atoms with van der Waals surface area (Å²) >= 11 is 0. The van der Waals surface area contributed by atoms with Crippen LogP contribution in [0.4, 0.5) is 4.39 Å². The molecule has 1 aromatic heterocycles. The Bertz CT molecular complexity index is 1420. The number of fused-ring (bicyclic) bond motifs is 1. The fraction of sp³-hybridized carbons (Fsp3) is 0.364. The summed E-state index contributed by atoms with van der Waals surface area (Å²) in [5.41, 5.74) is 6.71. The third-order valence-electron chi connectivity index (χ3n) is 9.00. The van der Waals surface area contributed by atoms with Crippen LogP contribution in [0.25, 0.3) is 33.2 Å². The van der Waals surface area contributed by atoms with E-state index in [2.05, 4.69) is 82.0 Å². The second-order valence-corrected chi connectivity index (χ2v) is 16.8. The van der Waals surface area contributed by atoms with E-state index in [1.54, 1.807) is 0 Å². The van der Waals surface area contributed by atoms with E-state index in [4.69, 9.17) is 0 Å². The molecule has 0 radical (unpaired) electrons. The van der Waals surface area contributed by atoms with E-state index < -0.39 is 8.07 Å². The minimum absolute atomic E-state index is 0.0239. The van der Waals surface area contributed by atoms with Gasteiger partial charge in [0.1, 0.15) is 12.9 Å². The van der Waals surface area contributed by atoms with E-state index in [0.717, 1.165) is 40.7 Å². The first-order valence-corrected chi connectivity index (χ1v) is 16.6. The number of hydrogen-bond acceptors (Lipinski definition) is 0. The van der Waals surface area contributed by atoms with Crippen LogP contribution < -0.4 is 9.75 Å². The number of aryl methyl sites for hydroxylation is 1. The van der Waals surface area contributed by atoms with Gasteiger partial charge in [-0.05, 0) is 65.4 Å². The molecule has 0 aliphatic heterocycles.